The van der Waals surface area contributed by atoms with Crippen molar-refractivity contribution in [3.8, 4) is 0 Å². The van der Waals surface area contributed by atoms with Crippen LogP contribution in [0.3, 0.4) is 0 Å². The summed E-state index contributed by atoms with van der Waals surface area (Å²) in [7, 11) is 1.22. The molecule has 3 rings (SSSR count). The maximum absolute atomic E-state index is 11.0. The highest BCUT2D eigenvalue weighted by Crippen LogP contribution is 2.39. The van der Waals surface area contributed by atoms with Gasteiger partial charge in [0.2, 0.25) is 0 Å². The first-order valence-electron chi connectivity index (χ1n) is 8.38. The number of aromatic nitrogens is 1. The van der Waals surface area contributed by atoms with E-state index < -0.39 is 13.2 Å². The molecule has 24 heavy (non-hydrogen) atoms. The molecule has 1 N–H and O–H groups in total. The summed E-state index contributed by atoms with van der Waals surface area (Å²) in [6, 6.07) is 4.10. The number of pyridine rings is 1. The summed E-state index contributed by atoms with van der Waals surface area (Å²) in [5, 5.41) is 9.00. The average molecular weight is 332 g/mol. The van der Waals surface area contributed by atoms with Gasteiger partial charge in [-0.3, -0.25) is 4.98 Å². The zero-order valence-electron chi connectivity index (χ0n) is 14.9. The number of hydrogen-bond acceptors (Lipinski definition) is 4. The van der Waals surface area contributed by atoms with Crippen LogP contribution in [0.2, 0.25) is 0 Å². The van der Waals surface area contributed by atoms with Gasteiger partial charge in [-0.1, -0.05) is 6.07 Å². The van der Waals surface area contributed by atoms with E-state index in [1.807, 2.05) is 46.0 Å². The zero-order valence-corrected chi connectivity index (χ0v) is 14.9. The van der Waals surface area contributed by atoms with Crippen LogP contribution in [-0.4, -0.2) is 52.5 Å². The Hall–Kier alpha value is -1.60. The molecule has 0 unspecified atom stereocenters. The maximum Gasteiger partial charge on any atom is 0.496 e. The van der Waals surface area contributed by atoms with E-state index in [2.05, 4.69) is 4.98 Å². The fourth-order valence-corrected chi connectivity index (χ4v) is 3.08. The first kappa shape index (κ1) is 17.2. The van der Waals surface area contributed by atoms with E-state index in [0.717, 1.165) is 24.0 Å². The lowest BCUT2D eigenvalue weighted by Gasteiger charge is -2.39. The molecule has 0 radical (unpaired) electrons. The molecule has 0 atom stereocenters. The molecule has 2 fully saturated rings. The van der Waals surface area contributed by atoms with Crippen molar-refractivity contribution in [2.75, 3.05) is 7.05 Å². The summed E-state index contributed by atoms with van der Waals surface area (Å²) in [6.07, 6.45) is 2.59. The lowest BCUT2D eigenvalue weighted by Crippen LogP contribution is -2.44. The molecular formula is C17H25BN2O4. The third-order valence-corrected chi connectivity index (χ3v) is 5.72. The first-order chi connectivity index (χ1) is 11.1. The van der Waals surface area contributed by atoms with Gasteiger partial charge in [-0.15, -0.1) is 0 Å². The summed E-state index contributed by atoms with van der Waals surface area (Å²) < 4.78 is 12.1. The molecule has 1 aliphatic carbocycles. The molecular weight excluding hydrogens is 307 g/mol. The highest BCUT2D eigenvalue weighted by atomic mass is 16.7. The van der Waals surface area contributed by atoms with Gasteiger partial charge in [0, 0.05) is 36.4 Å². The smallest absolute Gasteiger partial charge is 0.465 e. The predicted molar refractivity (Wildman–Crippen MR) is 91.5 cm³/mol. The summed E-state index contributed by atoms with van der Waals surface area (Å²) >= 11 is 0. The van der Waals surface area contributed by atoms with Gasteiger partial charge in [0.25, 0.3) is 0 Å². The topological polar surface area (TPSA) is 71.9 Å². The summed E-state index contributed by atoms with van der Waals surface area (Å²) in [5.41, 5.74) is 1.19. The molecule has 1 aromatic heterocycles. The van der Waals surface area contributed by atoms with Crippen molar-refractivity contribution in [3.05, 3.63) is 24.0 Å². The van der Waals surface area contributed by atoms with E-state index >= 15 is 0 Å². The van der Waals surface area contributed by atoms with Crippen molar-refractivity contribution in [1.29, 1.82) is 0 Å². The minimum absolute atomic E-state index is 0.0945. The maximum atomic E-state index is 11.0. The first-order valence-corrected chi connectivity index (χ1v) is 8.38. The number of carboxylic acid groups (broad SMARTS) is 1. The fourth-order valence-electron chi connectivity index (χ4n) is 3.08. The molecule has 130 valence electrons. The van der Waals surface area contributed by atoms with Crippen LogP contribution >= 0.6 is 0 Å². The molecule has 0 spiro atoms. The van der Waals surface area contributed by atoms with Crippen LogP contribution in [0.4, 0.5) is 4.79 Å². The molecule has 2 heterocycles. The third-order valence-electron chi connectivity index (χ3n) is 5.72. The molecule has 2 aliphatic rings. The Balaban J connectivity index is 1.63. The Kier molecular flexibility index (Phi) is 4.12. The second-order valence-corrected chi connectivity index (χ2v) is 7.82. The van der Waals surface area contributed by atoms with Gasteiger partial charge in [-0.25, -0.2) is 4.79 Å². The third kappa shape index (κ3) is 2.91. The van der Waals surface area contributed by atoms with Crippen molar-refractivity contribution in [3.63, 3.8) is 0 Å². The number of nitrogens with zero attached hydrogens (tertiary/aromatic N) is 2. The van der Waals surface area contributed by atoms with Crippen LogP contribution in [0.25, 0.3) is 0 Å². The van der Waals surface area contributed by atoms with Gasteiger partial charge in [0.05, 0.1) is 11.2 Å². The Morgan fingerprint density at radius 1 is 1.25 bits per heavy atom. The number of rotatable bonds is 3. The van der Waals surface area contributed by atoms with E-state index in [-0.39, 0.29) is 17.2 Å². The molecule has 1 saturated carbocycles. The Labute approximate surface area is 143 Å². The molecule has 1 aliphatic heterocycles. The minimum atomic E-state index is -0.873. The van der Waals surface area contributed by atoms with Gasteiger partial charge in [0.15, 0.2) is 0 Å². The van der Waals surface area contributed by atoms with Crippen LogP contribution in [0, 0.1) is 0 Å². The number of amides is 1. The fraction of sp³-hybridized carbons (Fsp3) is 0.647. The van der Waals surface area contributed by atoms with Crippen molar-refractivity contribution >= 4 is 18.7 Å². The van der Waals surface area contributed by atoms with E-state index in [9.17, 15) is 4.79 Å². The molecule has 1 aromatic rings. The van der Waals surface area contributed by atoms with Crippen molar-refractivity contribution in [2.45, 2.75) is 63.7 Å². The van der Waals surface area contributed by atoms with Crippen LogP contribution in [0.1, 0.15) is 52.1 Å². The van der Waals surface area contributed by atoms with E-state index in [0.29, 0.717) is 5.92 Å². The van der Waals surface area contributed by atoms with Gasteiger partial charge in [-0.05, 0) is 46.6 Å². The Morgan fingerprint density at radius 3 is 2.29 bits per heavy atom. The highest BCUT2D eigenvalue weighted by Gasteiger charge is 2.51. The monoisotopic (exact) mass is 332 g/mol. The van der Waals surface area contributed by atoms with Crippen molar-refractivity contribution < 1.29 is 19.2 Å². The van der Waals surface area contributed by atoms with Gasteiger partial charge in [0.1, 0.15) is 0 Å². The van der Waals surface area contributed by atoms with Crippen LogP contribution in [0.5, 0.6) is 0 Å². The normalized spacial score (nSPS) is 27.6. The molecule has 7 heteroatoms. The lowest BCUT2D eigenvalue weighted by atomic mass is 9.76. The van der Waals surface area contributed by atoms with E-state index in [1.165, 1.54) is 4.90 Å². The van der Waals surface area contributed by atoms with Crippen molar-refractivity contribution in [2.24, 2.45) is 0 Å². The molecule has 6 nitrogen and oxygen atoms in total. The summed E-state index contributed by atoms with van der Waals surface area (Å²) in [4.78, 5) is 16.9. The second-order valence-electron chi connectivity index (χ2n) is 7.82. The largest absolute Gasteiger partial charge is 0.496 e. The molecule has 0 bridgehead atoms. The van der Waals surface area contributed by atoms with E-state index in [1.54, 1.807) is 7.05 Å². The molecule has 1 amide bonds. The minimum Gasteiger partial charge on any atom is -0.465 e. The predicted octanol–water partition coefficient (Wildman–Crippen LogP) is 2.24. The number of carbonyl (C=O) groups is 1. The van der Waals surface area contributed by atoms with E-state index in [4.69, 9.17) is 14.4 Å². The lowest BCUT2D eigenvalue weighted by molar-refractivity contribution is 0.00578. The molecule has 0 aromatic carbocycles. The SMILES string of the molecule is CN(C(=O)O)C1CC(c2ccc(B3OC(C)(C)C(C)(C)O3)cn2)C1. The molecule has 1 saturated heterocycles. The second kappa shape index (κ2) is 5.74. The van der Waals surface area contributed by atoms with Gasteiger partial charge < -0.3 is 19.3 Å². The average Bonchev–Trinajstić information content (AvgIpc) is 2.66. The highest BCUT2D eigenvalue weighted by molar-refractivity contribution is 6.62. The summed E-state index contributed by atoms with van der Waals surface area (Å²) in [6.45, 7) is 8.12. The Morgan fingerprint density at radius 2 is 1.83 bits per heavy atom. The van der Waals surface area contributed by atoms with Crippen LogP contribution in [-0.2, 0) is 9.31 Å². The van der Waals surface area contributed by atoms with Crippen LogP contribution in [0.15, 0.2) is 18.3 Å². The number of hydrogen-bond donors (Lipinski definition) is 1. The van der Waals surface area contributed by atoms with Crippen LogP contribution < -0.4 is 5.46 Å². The summed E-state index contributed by atoms with van der Waals surface area (Å²) in [5.74, 6) is 0.323. The Bertz CT molecular complexity index is 610. The quantitative estimate of drug-likeness (QED) is 0.860. The standard InChI is InChI=1S/C17H25BN2O4/c1-16(2)17(3,4)24-18(23-16)12-6-7-14(19-10-12)11-8-13(9-11)20(5)15(21)22/h6-7,10-11,13H,8-9H2,1-5H3,(H,21,22). The van der Waals surface area contributed by atoms with Gasteiger partial charge >= 0.3 is 13.2 Å². The zero-order chi connectivity index (χ0) is 17.7. The van der Waals surface area contributed by atoms with Gasteiger partial charge in [-0.2, -0.15) is 0 Å². The van der Waals surface area contributed by atoms with Crippen molar-refractivity contribution in [1.82, 2.24) is 9.88 Å².